The predicted octanol–water partition coefficient (Wildman–Crippen LogP) is 0.990. The second-order valence-electron chi connectivity index (χ2n) is 4.48. The topological polar surface area (TPSA) is 71.4 Å². The fraction of sp³-hybridized carbons (Fsp3) is 0.429. The van der Waals surface area contributed by atoms with Crippen molar-refractivity contribution in [2.75, 3.05) is 26.3 Å². The Bertz CT molecular complexity index is 484. The van der Waals surface area contributed by atoms with E-state index in [4.69, 9.17) is 9.57 Å². The second kappa shape index (κ2) is 6.91. The molecule has 1 fully saturated rings. The molecule has 1 heterocycles. The van der Waals surface area contributed by atoms with E-state index in [2.05, 4.69) is 5.16 Å². The molecule has 1 atom stereocenters. The largest absolute Gasteiger partial charge is 0.507 e. The molecule has 2 rings (SSSR count). The molecule has 6 nitrogen and oxygen atoms in total. The number of benzene rings is 1. The van der Waals surface area contributed by atoms with E-state index in [-0.39, 0.29) is 11.7 Å². The maximum absolute atomic E-state index is 12.0. The number of oxime groups is 1. The van der Waals surface area contributed by atoms with Crippen LogP contribution in [0.15, 0.2) is 29.4 Å². The van der Waals surface area contributed by atoms with E-state index < -0.39 is 6.10 Å². The Balaban J connectivity index is 1.86. The van der Waals surface area contributed by atoms with Gasteiger partial charge in [-0.1, -0.05) is 17.3 Å². The van der Waals surface area contributed by atoms with Crippen molar-refractivity contribution in [3.8, 4) is 5.75 Å². The van der Waals surface area contributed by atoms with Crippen molar-refractivity contribution in [3.63, 3.8) is 0 Å². The lowest BCUT2D eigenvalue weighted by Gasteiger charge is -2.28. The lowest BCUT2D eigenvalue weighted by atomic mass is 10.2. The Morgan fingerprint density at radius 2 is 2.15 bits per heavy atom. The number of phenolic OH excluding ortho intramolecular Hbond substituents is 1. The number of hydrogen-bond donors (Lipinski definition) is 1. The normalized spacial score (nSPS) is 17.1. The van der Waals surface area contributed by atoms with Gasteiger partial charge in [0.1, 0.15) is 5.75 Å². The smallest absolute Gasteiger partial charge is 0.266 e. The van der Waals surface area contributed by atoms with E-state index >= 15 is 0 Å². The fourth-order valence-corrected chi connectivity index (χ4v) is 1.86. The average molecular weight is 278 g/mol. The van der Waals surface area contributed by atoms with Crippen LogP contribution in [0.25, 0.3) is 0 Å². The number of ether oxygens (including phenoxy) is 1. The zero-order valence-corrected chi connectivity index (χ0v) is 11.4. The standard InChI is InChI=1S/C14H18N2O4/c1-11(14(18)16-6-8-19-9-7-16)20-15-10-12-4-2-3-5-13(12)17/h2-5,10-11,17H,6-9H2,1H3. The molecule has 1 amide bonds. The molecule has 0 spiro atoms. The zero-order valence-electron chi connectivity index (χ0n) is 11.4. The molecule has 0 radical (unpaired) electrons. The molecule has 1 N–H and O–H groups in total. The van der Waals surface area contributed by atoms with Crippen molar-refractivity contribution in [3.05, 3.63) is 29.8 Å². The summed E-state index contributed by atoms with van der Waals surface area (Å²) >= 11 is 0. The van der Waals surface area contributed by atoms with Crippen LogP contribution in [0.5, 0.6) is 5.75 Å². The van der Waals surface area contributed by atoms with Gasteiger partial charge in [-0.25, -0.2) is 0 Å². The van der Waals surface area contributed by atoms with Crippen molar-refractivity contribution in [1.29, 1.82) is 0 Å². The number of morpholine rings is 1. The predicted molar refractivity (Wildman–Crippen MR) is 73.6 cm³/mol. The molecule has 0 aliphatic carbocycles. The number of carbonyl (C=O) groups excluding carboxylic acids is 1. The summed E-state index contributed by atoms with van der Waals surface area (Å²) in [5.74, 6) is 0.00902. The van der Waals surface area contributed by atoms with Gasteiger partial charge in [-0.05, 0) is 19.1 Å². The Morgan fingerprint density at radius 1 is 1.45 bits per heavy atom. The third-order valence-electron chi connectivity index (χ3n) is 3.02. The van der Waals surface area contributed by atoms with Gasteiger partial charge < -0.3 is 19.6 Å². The number of phenols is 1. The van der Waals surface area contributed by atoms with Gasteiger partial charge in [0.25, 0.3) is 5.91 Å². The van der Waals surface area contributed by atoms with Crippen LogP contribution in [0.4, 0.5) is 0 Å². The fourth-order valence-electron chi connectivity index (χ4n) is 1.86. The summed E-state index contributed by atoms with van der Waals surface area (Å²) < 4.78 is 5.19. The maximum atomic E-state index is 12.0. The first kappa shape index (κ1) is 14.3. The van der Waals surface area contributed by atoms with Crippen LogP contribution < -0.4 is 0 Å². The lowest BCUT2D eigenvalue weighted by Crippen LogP contribution is -2.45. The Kier molecular flexibility index (Phi) is 4.95. The summed E-state index contributed by atoms with van der Waals surface area (Å²) in [5.41, 5.74) is 0.540. The second-order valence-corrected chi connectivity index (χ2v) is 4.48. The highest BCUT2D eigenvalue weighted by Gasteiger charge is 2.23. The van der Waals surface area contributed by atoms with E-state index in [0.29, 0.717) is 31.9 Å². The van der Waals surface area contributed by atoms with Crippen molar-refractivity contribution in [2.24, 2.45) is 5.16 Å². The first-order valence-corrected chi connectivity index (χ1v) is 6.52. The van der Waals surface area contributed by atoms with Crippen LogP contribution in [0.2, 0.25) is 0 Å². The average Bonchev–Trinajstić information content (AvgIpc) is 2.49. The Morgan fingerprint density at radius 3 is 2.85 bits per heavy atom. The van der Waals surface area contributed by atoms with E-state index in [1.807, 2.05) is 0 Å². The molecule has 1 aliphatic rings. The minimum Gasteiger partial charge on any atom is -0.507 e. The van der Waals surface area contributed by atoms with Crippen LogP contribution in [0, 0.1) is 0 Å². The summed E-state index contributed by atoms with van der Waals surface area (Å²) in [6.45, 7) is 3.92. The van der Waals surface area contributed by atoms with Crippen LogP contribution >= 0.6 is 0 Å². The van der Waals surface area contributed by atoms with Gasteiger partial charge in [-0.3, -0.25) is 4.79 Å². The molecule has 0 aromatic heterocycles. The first-order valence-electron chi connectivity index (χ1n) is 6.52. The van der Waals surface area contributed by atoms with Crippen molar-refractivity contribution in [1.82, 2.24) is 4.90 Å². The third-order valence-corrected chi connectivity index (χ3v) is 3.02. The molecule has 1 saturated heterocycles. The van der Waals surface area contributed by atoms with Gasteiger partial charge >= 0.3 is 0 Å². The summed E-state index contributed by atoms with van der Waals surface area (Å²) in [6, 6.07) is 6.77. The van der Waals surface area contributed by atoms with Crippen molar-refractivity contribution in [2.45, 2.75) is 13.0 Å². The van der Waals surface area contributed by atoms with Crippen LogP contribution in [-0.4, -0.2) is 54.5 Å². The molecule has 0 saturated carbocycles. The maximum Gasteiger partial charge on any atom is 0.266 e. The monoisotopic (exact) mass is 278 g/mol. The van der Waals surface area contributed by atoms with E-state index in [1.54, 1.807) is 36.1 Å². The molecule has 1 aliphatic heterocycles. The Hall–Kier alpha value is -2.08. The van der Waals surface area contributed by atoms with Gasteiger partial charge in [0.2, 0.25) is 6.10 Å². The van der Waals surface area contributed by atoms with Crippen molar-refractivity contribution < 1.29 is 19.5 Å². The summed E-state index contributed by atoms with van der Waals surface area (Å²) in [7, 11) is 0. The number of para-hydroxylation sites is 1. The van der Waals surface area contributed by atoms with Gasteiger partial charge in [0, 0.05) is 18.7 Å². The summed E-state index contributed by atoms with van der Waals surface area (Å²) in [6.07, 6.45) is 0.730. The SMILES string of the molecule is CC(ON=Cc1ccccc1O)C(=O)N1CCOCC1. The number of carbonyl (C=O) groups is 1. The van der Waals surface area contributed by atoms with Crippen LogP contribution in [-0.2, 0) is 14.4 Å². The molecule has 20 heavy (non-hydrogen) atoms. The first-order chi connectivity index (χ1) is 9.68. The molecular formula is C14H18N2O4. The number of aromatic hydroxyl groups is 1. The lowest BCUT2D eigenvalue weighted by molar-refractivity contribution is -0.146. The number of rotatable bonds is 4. The number of hydrogen-bond acceptors (Lipinski definition) is 5. The van der Waals surface area contributed by atoms with Crippen LogP contribution in [0.1, 0.15) is 12.5 Å². The van der Waals surface area contributed by atoms with Gasteiger partial charge in [-0.15, -0.1) is 0 Å². The molecular weight excluding hydrogens is 260 g/mol. The molecule has 1 aromatic rings. The van der Waals surface area contributed by atoms with Gasteiger partial charge in [0.05, 0.1) is 19.4 Å². The third kappa shape index (κ3) is 3.71. The molecule has 0 bridgehead atoms. The molecule has 1 unspecified atom stereocenters. The highest BCUT2D eigenvalue weighted by molar-refractivity contribution is 5.83. The highest BCUT2D eigenvalue weighted by atomic mass is 16.6. The molecule has 1 aromatic carbocycles. The van der Waals surface area contributed by atoms with E-state index in [0.717, 1.165) is 0 Å². The summed E-state index contributed by atoms with van der Waals surface area (Å²) in [4.78, 5) is 18.9. The minimum absolute atomic E-state index is 0.109. The summed E-state index contributed by atoms with van der Waals surface area (Å²) in [5, 5.41) is 13.3. The van der Waals surface area contributed by atoms with Crippen LogP contribution in [0.3, 0.4) is 0 Å². The van der Waals surface area contributed by atoms with E-state index in [9.17, 15) is 9.90 Å². The van der Waals surface area contributed by atoms with E-state index in [1.165, 1.54) is 6.21 Å². The number of amides is 1. The zero-order chi connectivity index (χ0) is 14.4. The highest BCUT2D eigenvalue weighted by Crippen LogP contribution is 2.13. The van der Waals surface area contributed by atoms with Gasteiger partial charge in [0.15, 0.2) is 0 Å². The Labute approximate surface area is 117 Å². The van der Waals surface area contributed by atoms with Gasteiger partial charge in [-0.2, -0.15) is 0 Å². The van der Waals surface area contributed by atoms with Crippen molar-refractivity contribution >= 4 is 12.1 Å². The molecule has 6 heteroatoms. The minimum atomic E-state index is -0.657. The number of nitrogens with zero attached hydrogens (tertiary/aromatic N) is 2. The molecule has 108 valence electrons. The quantitative estimate of drug-likeness (QED) is 0.658.